The van der Waals surface area contributed by atoms with Crippen molar-refractivity contribution in [2.75, 3.05) is 24.3 Å². The molecule has 1 aromatic heterocycles. The van der Waals surface area contributed by atoms with Gasteiger partial charge >= 0.3 is 0 Å². The third kappa shape index (κ3) is 2.97. The van der Waals surface area contributed by atoms with E-state index in [1.807, 2.05) is 19.0 Å². The van der Waals surface area contributed by atoms with E-state index < -0.39 is 0 Å². The standard InChI is InChI=1S/C14H24N4O/c1-13(2)9-10(14(3,4)19-13)17-11-12(18(5)6)16-8-7-15-11/h7-8,10H,9H2,1-6H3,(H,15,17). The Bertz CT molecular complexity index is 457. The van der Waals surface area contributed by atoms with E-state index in [1.54, 1.807) is 12.4 Å². The average molecular weight is 264 g/mol. The van der Waals surface area contributed by atoms with Gasteiger partial charge in [0.2, 0.25) is 0 Å². The lowest BCUT2D eigenvalue weighted by Crippen LogP contribution is -2.38. The molecule has 0 aliphatic carbocycles. The van der Waals surface area contributed by atoms with E-state index in [-0.39, 0.29) is 17.2 Å². The molecule has 106 valence electrons. The SMILES string of the molecule is CN(C)c1nccnc1NC1CC(C)(C)OC1(C)C. The second-order valence-electron chi connectivity index (χ2n) is 6.49. The molecule has 1 aliphatic heterocycles. The molecule has 0 radical (unpaired) electrons. The van der Waals surface area contributed by atoms with Gasteiger partial charge in [-0.1, -0.05) is 0 Å². The maximum atomic E-state index is 6.10. The highest BCUT2D eigenvalue weighted by molar-refractivity contribution is 5.60. The normalized spacial score (nSPS) is 24.2. The van der Waals surface area contributed by atoms with Crippen LogP contribution in [0.3, 0.4) is 0 Å². The van der Waals surface area contributed by atoms with E-state index in [0.29, 0.717) is 0 Å². The summed E-state index contributed by atoms with van der Waals surface area (Å²) in [6.45, 7) is 8.48. The highest BCUT2D eigenvalue weighted by Crippen LogP contribution is 2.39. The lowest BCUT2D eigenvalue weighted by atomic mass is 9.94. The zero-order valence-corrected chi connectivity index (χ0v) is 12.7. The van der Waals surface area contributed by atoms with E-state index in [2.05, 4.69) is 43.0 Å². The molecule has 1 saturated heterocycles. The Morgan fingerprint density at radius 2 is 1.84 bits per heavy atom. The van der Waals surface area contributed by atoms with Gasteiger partial charge in [-0.15, -0.1) is 0 Å². The molecule has 0 aromatic carbocycles. The molecule has 2 heterocycles. The summed E-state index contributed by atoms with van der Waals surface area (Å²) in [5.74, 6) is 1.66. The lowest BCUT2D eigenvalue weighted by Gasteiger charge is -2.28. The third-order valence-corrected chi connectivity index (χ3v) is 3.49. The van der Waals surface area contributed by atoms with Crippen LogP contribution in [0.15, 0.2) is 12.4 Å². The fourth-order valence-electron chi connectivity index (χ4n) is 2.71. The quantitative estimate of drug-likeness (QED) is 0.908. The van der Waals surface area contributed by atoms with Crippen molar-refractivity contribution in [2.45, 2.75) is 51.4 Å². The first-order chi connectivity index (χ1) is 8.71. The van der Waals surface area contributed by atoms with Gasteiger partial charge in [0, 0.05) is 26.5 Å². The van der Waals surface area contributed by atoms with Crippen molar-refractivity contribution in [1.82, 2.24) is 9.97 Å². The summed E-state index contributed by atoms with van der Waals surface area (Å²) in [5, 5.41) is 3.50. The van der Waals surface area contributed by atoms with Gasteiger partial charge in [0.1, 0.15) is 0 Å². The second-order valence-corrected chi connectivity index (χ2v) is 6.49. The van der Waals surface area contributed by atoms with E-state index in [4.69, 9.17) is 4.74 Å². The topological polar surface area (TPSA) is 50.3 Å². The molecule has 1 aliphatic rings. The minimum absolute atomic E-state index is 0.109. The van der Waals surface area contributed by atoms with E-state index in [1.165, 1.54) is 0 Å². The van der Waals surface area contributed by atoms with Crippen LogP contribution in [-0.2, 0) is 4.74 Å². The van der Waals surface area contributed by atoms with Crippen molar-refractivity contribution >= 4 is 11.6 Å². The maximum absolute atomic E-state index is 6.10. The molecule has 1 unspecified atom stereocenters. The minimum Gasteiger partial charge on any atom is -0.367 e. The Balaban J connectivity index is 2.22. The number of anilines is 2. The van der Waals surface area contributed by atoms with Gasteiger partial charge in [0.25, 0.3) is 0 Å². The van der Waals surface area contributed by atoms with Crippen molar-refractivity contribution in [1.29, 1.82) is 0 Å². The number of rotatable bonds is 3. The van der Waals surface area contributed by atoms with Gasteiger partial charge in [-0.25, -0.2) is 9.97 Å². The molecular weight excluding hydrogens is 240 g/mol. The van der Waals surface area contributed by atoms with Crippen molar-refractivity contribution < 1.29 is 4.74 Å². The number of hydrogen-bond acceptors (Lipinski definition) is 5. The monoisotopic (exact) mass is 264 g/mol. The van der Waals surface area contributed by atoms with E-state index in [9.17, 15) is 0 Å². The van der Waals surface area contributed by atoms with Gasteiger partial charge in [-0.3, -0.25) is 0 Å². The summed E-state index contributed by atoms with van der Waals surface area (Å²) in [5.41, 5.74) is -0.327. The molecule has 0 bridgehead atoms. The van der Waals surface area contributed by atoms with Crippen LogP contribution >= 0.6 is 0 Å². The van der Waals surface area contributed by atoms with Crippen molar-refractivity contribution in [3.8, 4) is 0 Å². The average Bonchev–Trinajstić information content (AvgIpc) is 2.47. The van der Waals surface area contributed by atoms with E-state index >= 15 is 0 Å². The zero-order chi connectivity index (χ0) is 14.3. The Labute approximate surface area is 115 Å². The fourth-order valence-corrected chi connectivity index (χ4v) is 2.71. The van der Waals surface area contributed by atoms with Crippen LogP contribution in [0, 0.1) is 0 Å². The number of nitrogens with one attached hydrogen (secondary N) is 1. The second kappa shape index (κ2) is 4.63. The molecule has 1 fully saturated rings. The highest BCUT2D eigenvalue weighted by atomic mass is 16.5. The number of aromatic nitrogens is 2. The van der Waals surface area contributed by atoms with Gasteiger partial charge < -0.3 is 15.0 Å². The lowest BCUT2D eigenvalue weighted by molar-refractivity contribution is -0.0662. The molecule has 1 aromatic rings. The minimum atomic E-state index is -0.218. The molecule has 19 heavy (non-hydrogen) atoms. The first-order valence-electron chi connectivity index (χ1n) is 6.66. The summed E-state index contributed by atoms with van der Waals surface area (Å²) in [6.07, 6.45) is 4.37. The van der Waals surface area contributed by atoms with Gasteiger partial charge in [-0.2, -0.15) is 0 Å². The van der Waals surface area contributed by atoms with Crippen molar-refractivity contribution in [3.05, 3.63) is 12.4 Å². The molecule has 5 heteroatoms. The predicted octanol–water partition coefficient (Wildman–Crippen LogP) is 2.30. The summed E-state index contributed by atoms with van der Waals surface area (Å²) in [7, 11) is 3.94. The van der Waals surface area contributed by atoms with Crippen LogP contribution in [0.4, 0.5) is 11.6 Å². The number of ether oxygens (including phenoxy) is 1. The predicted molar refractivity (Wildman–Crippen MR) is 77.6 cm³/mol. The first-order valence-corrected chi connectivity index (χ1v) is 6.66. The Hall–Kier alpha value is -1.36. The molecule has 0 saturated carbocycles. The molecule has 5 nitrogen and oxygen atoms in total. The molecule has 0 spiro atoms. The van der Waals surface area contributed by atoms with Crippen LogP contribution in [0.1, 0.15) is 34.1 Å². The van der Waals surface area contributed by atoms with E-state index in [0.717, 1.165) is 18.1 Å². The molecule has 1 atom stereocenters. The highest BCUT2D eigenvalue weighted by Gasteiger charge is 2.46. The van der Waals surface area contributed by atoms with Crippen LogP contribution in [0.25, 0.3) is 0 Å². The van der Waals surface area contributed by atoms with Gasteiger partial charge in [0.15, 0.2) is 11.6 Å². The Morgan fingerprint density at radius 3 is 2.37 bits per heavy atom. The molecular formula is C14H24N4O. The Kier molecular flexibility index (Phi) is 3.43. The zero-order valence-electron chi connectivity index (χ0n) is 12.7. The summed E-state index contributed by atoms with van der Waals surface area (Å²) in [4.78, 5) is 10.7. The van der Waals surface area contributed by atoms with Gasteiger partial charge in [-0.05, 0) is 34.1 Å². The maximum Gasteiger partial charge on any atom is 0.171 e. The fraction of sp³-hybridized carbons (Fsp3) is 0.714. The van der Waals surface area contributed by atoms with Crippen LogP contribution in [0.5, 0.6) is 0 Å². The van der Waals surface area contributed by atoms with Crippen LogP contribution < -0.4 is 10.2 Å². The van der Waals surface area contributed by atoms with Crippen LogP contribution in [0.2, 0.25) is 0 Å². The molecule has 2 rings (SSSR count). The summed E-state index contributed by atoms with van der Waals surface area (Å²) < 4.78 is 6.10. The van der Waals surface area contributed by atoms with Crippen LogP contribution in [-0.4, -0.2) is 41.3 Å². The largest absolute Gasteiger partial charge is 0.367 e. The van der Waals surface area contributed by atoms with Gasteiger partial charge in [0.05, 0.1) is 17.2 Å². The summed E-state index contributed by atoms with van der Waals surface area (Å²) >= 11 is 0. The number of hydrogen-bond donors (Lipinski definition) is 1. The molecule has 1 N–H and O–H groups in total. The number of nitrogens with zero attached hydrogens (tertiary/aromatic N) is 3. The summed E-state index contributed by atoms with van der Waals surface area (Å²) in [6, 6.07) is 0.220. The molecule has 0 amide bonds. The van der Waals surface area contributed by atoms with Crippen molar-refractivity contribution in [3.63, 3.8) is 0 Å². The first kappa shape index (κ1) is 14.1. The Morgan fingerprint density at radius 1 is 1.21 bits per heavy atom. The smallest absolute Gasteiger partial charge is 0.171 e. The van der Waals surface area contributed by atoms with Crippen molar-refractivity contribution in [2.24, 2.45) is 0 Å². The third-order valence-electron chi connectivity index (χ3n) is 3.49.